The number of Topliss-reactive ketones (excluding diaryl/α,β-unsaturated/α-hetero) is 2. The number of nitrogens with zero attached hydrogens (tertiary/aromatic N) is 1. The molecule has 7 aromatic carbocycles. The summed E-state index contributed by atoms with van der Waals surface area (Å²) < 4.78 is 0. The van der Waals surface area contributed by atoms with Crippen molar-refractivity contribution < 1.29 is 9.59 Å². The summed E-state index contributed by atoms with van der Waals surface area (Å²) in [6.45, 7) is 0. The molecule has 0 fully saturated rings. The summed E-state index contributed by atoms with van der Waals surface area (Å²) in [6.07, 6.45) is 5.20. The van der Waals surface area contributed by atoms with E-state index in [0.717, 1.165) is 50.5 Å². The molecule has 3 nitrogen and oxygen atoms in total. The Bertz CT molecular complexity index is 2670. The average Bonchev–Trinajstić information content (AvgIpc) is 3.87. The maximum atomic E-state index is 14.1. The van der Waals surface area contributed by atoms with E-state index in [2.05, 4.69) is 126 Å². The second-order valence-electron chi connectivity index (χ2n) is 13.8. The SMILES string of the molecule is O=C1C(=Cc2ccc3c(c2)C2(c4ccccc4-c4ccccc42)c2ccccc2N3C2=CCCS2)C(=O)c2cc3cc4ccccc4cc3cc21. The van der Waals surface area contributed by atoms with Crippen LogP contribution in [0.2, 0.25) is 0 Å². The first-order valence-electron chi connectivity index (χ1n) is 17.5. The van der Waals surface area contributed by atoms with Crippen LogP contribution in [0.25, 0.3) is 38.7 Å². The van der Waals surface area contributed by atoms with Gasteiger partial charge >= 0.3 is 0 Å². The Kier molecular flexibility index (Phi) is 5.95. The molecule has 0 unspecified atom stereocenters. The zero-order valence-corrected chi connectivity index (χ0v) is 28.3. The van der Waals surface area contributed by atoms with Crippen molar-refractivity contribution in [3.05, 3.63) is 195 Å². The van der Waals surface area contributed by atoms with Gasteiger partial charge in [0.05, 0.1) is 27.4 Å². The van der Waals surface area contributed by atoms with Crippen molar-refractivity contribution in [2.45, 2.75) is 11.8 Å². The van der Waals surface area contributed by atoms with E-state index in [1.165, 1.54) is 38.5 Å². The van der Waals surface area contributed by atoms with Gasteiger partial charge in [-0.05, 0) is 115 Å². The van der Waals surface area contributed by atoms with Gasteiger partial charge in [0, 0.05) is 16.9 Å². The highest BCUT2D eigenvalue weighted by molar-refractivity contribution is 8.03. The topological polar surface area (TPSA) is 37.4 Å². The molecule has 4 heteroatoms. The normalized spacial score (nSPS) is 16.3. The fourth-order valence-corrected chi connectivity index (χ4v) is 10.1. The number of ketones is 2. The summed E-state index contributed by atoms with van der Waals surface area (Å²) in [5.74, 6) is 0.627. The fourth-order valence-electron chi connectivity index (χ4n) is 9.07. The second-order valence-corrected chi connectivity index (χ2v) is 14.9. The molecule has 0 bridgehead atoms. The van der Waals surface area contributed by atoms with Gasteiger partial charge in [0.25, 0.3) is 0 Å². The molecule has 0 N–H and O–H groups in total. The number of hydrogen-bond donors (Lipinski definition) is 0. The van der Waals surface area contributed by atoms with E-state index in [-0.39, 0.29) is 17.1 Å². The number of thioether (sulfide) groups is 1. The predicted octanol–water partition coefficient (Wildman–Crippen LogP) is 11.2. The highest BCUT2D eigenvalue weighted by Gasteiger charge is 2.52. The molecule has 0 saturated carbocycles. The van der Waals surface area contributed by atoms with Crippen LogP contribution in [0, 0.1) is 0 Å². The van der Waals surface area contributed by atoms with Crippen LogP contribution in [-0.4, -0.2) is 17.3 Å². The minimum Gasteiger partial charge on any atom is -0.304 e. The van der Waals surface area contributed by atoms with Gasteiger partial charge in [-0.25, -0.2) is 0 Å². The summed E-state index contributed by atoms with van der Waals surface area (Å²) in [4.78, 5) is 30.6. The number of carbonyl (C=O) groups excluding carboxylic acids is 2. The van der Waals surface area contributed by atoms with Gasteiger partial charge < -0.3 is 4.90 Å². The van der Waals surface area contributed by atoms with E-state index in [4.69, 9.17) is 0 Å². The fraction of sp³-hybridized carbons (Fsp3) is 0.0638. The van der Waals surface area contributed by atoms with Gasteiger partial charge in [0.1, 0.15) is 0 Å². The monoisotopic (exact) mass is 671 g/mol. The third-order valence-corrected chi connectivity index (χ3v) is 12.3. The molecule has 0 saturated heterocycles. The molecule has 0 radical (unpaired) electrons. The molecule has 0 amide bonds. The zero-order valence-electron chi connectivity index (χ0n) is 27.5. The summed E-state index contributed by atoms with van der Waals surface area (Å²) in [5, 5.41) is 5.38. The molecule has 11 rings (SSSR count). The maximum absolute atomic E-state index is 14.1. The summed E-state index contributed by atoms with van der Waals surface area (Å²) in [5.41, 5.74) is 11.1. The van der Waals surface area contributed by atoms with Crippen molar-refractivity contribution in [2.75, 3.05) is 10.7 Å². The number of rotatable bonds is 2. The van der Waals surface area contributed by atoms with E-state index in [1.807, 2.05) is 42.1 Å². The van der Waals surface area contributed by atoms with Crippen molar-refractivity contribution in [2.24, 2.45) is 0 Å². The van der Waals surface area contributed by atoms with Gasteiger partial charge in [0.15, 0.2) is 11.6 Å². The van der Waals surface area contributed by atoms with Crippen LogP contribution in [0.3, 0.4) is 0 Å². The Balaban J connectivity index is 1.14. The highest BCUT2D eigenvalue weighted by Crippen LogP contribution is 2.63. The molecule has 4 aliphatic rings. The van der Waals surface area contributed by atoms with E-state index >= 15 is 0 Å². The third-order valence-electron chi connectivity index (χ3n) is 11.2. The Hall–Kier alpha value is -5.97. The minimum atomic E-state index is -0.583. The quantitative estimate of drug-likeness (QED) is 0.104. The number of para-hydroxylation sites is 1. The third kappa shape index (κ3) is 3.86. The summed E-state index contributed by atoms with van der Waals surface area (Å²) >= 11 is 1.89. The number of anilines is 2. The van der Waals surface area contributed by atoms with Crippen LogP contribution in [0.4, 0.5) is 11.4 Å². The van der Waals surface area contributed by atoms with Gasteiger partial charge in [-0.1, -0.05) is 103 Å². The van der Waals surface area contributed by atoms with Crippen LogP contribution in [-0.2, 0) is 5.41 Å². The van der Waals surface area contributed by atoms with E-state index < -0.39 is 5.41 Å². The van der Waals surface area contributed by atoms with Gasteiger partial charge in [-0.3, -0.25) is 9.59 Å². The minimum absolute atomic E-state index is 0.214. The number of carbonyl (C=O) groups is 2. The second kappa shape index (κ2) is 10.5. The lowest BCUT2D eigenvalue weighted by Gasteiger charge is -2.45. The highest BCUT2D eigenvalue weighted by atomic mass is 32.2. The summed E-state index contributed by atoms with van der Waals surface area (Å²) in [6, 6.07) is 49.0. The van der Waals surface area contributed by atoms with Crippen LogP contribution in [0.15, 0.2) is 156 Å². The molecule has 0 atom stereocenters. The van der Waals surface area contributed by atoms with Gasteiger partial charge in [-0.2, -0.15) is 0 Å². The molecular formula is C47H29NO2S. The van der Waals surface area contributed by atoms with Crippen molar-refractivity contribution in [1.82, 2.24) is 0 Å². The van der Waals surface area contributed by atoms with Crippen LogP contribution >= 0.6 is 11.8 Å². The first kappa shape index (κ1) is 28.8. The van der Waals surface area contributed by atoms with Crippen molar-refractivity contribution in [1.29, 1.82) is 0 Å². The Labute approximate surface area is 299 Å². The van der Waals surface area contributed by atoms with Crippen molar-refractivity contribution >= 4 is 62.3 Å². The Morgan fingerprint density at radius 3 is 1.73 bits per heavy atom. The lowest BCUT2D eigenvalue weighted by molar-refractivity contribution is 0.0990. The van der Waals surface area contributed by atoms with Gasteiger partial charge in [-0.15, -0.1) is 11.8 Å². The molecular weight excluding hydrogens is 643 g/mol. The molecule has 7 aromatic rings. The number of allylic oxidation sites excluding steroid dienone is 2. The van der Waals surface area contributed by atoms with E-state index in [1.54, 1.807) is 0 Å². The first-order chi connectivity index (χ1) is 25.1. The lowest BCUT2D eigenvalue weighted by atomic mass is 9.64. The molecule has 51 heavy (non-hydrogen) atoms. The maximum Gasteiger partial charge on any atom is 0.197 e. The Morgan fingerprint density at radius 2 is 1.10 bits per heavy atom. The molecule has 2 aliphatic heterocycles. The van der Waals surface area contributed by atoms with Crippen molar-refractivity contribution in [3.63, 3.8) is 0 Å². The van der Waals surface area contributed by atoms with Gasteiger partial charge in [0.2, 0.25) is 0 Å². The average molecular weight is 672 g/mol. The van der Waals surface area contributed by atoms with Crippen molar-refractivity contribution in [3.8, 4) is 11.1 Å². The van der Waals surface area contributed by atoms with E-state index in [0.29, 0.717) is 11.1 Å². The van der Waals surface area contributed by atoms with Crippen LogP contribution < -0.4 is 4.90 Å². The predicted molar refractivity (Wildman–Crippen MR) is 209 cm³/mol. The smallest absolute Gasteiger partial charge is 0.197 e. The van der Waals surface area contributed by atoms with Crippen LogP contribution in [0.1, 0.15) is 55.0 Å². The molecule has 1 spiro atoms. The molecule has 2 heterocycles. The number of hydrogen-bond acceptors (Lipinski definition) is 4. The summed E-state index contributed by atoms with van der Waals surface area (Å²) in [7, 11) is 0. The zero-order chi connectivity index (χ0) is 33.8. The lowest BCUT2D eigenvalue weighted by Crippen LogP contribution is -2.37. The molecule has 2 aliphatic carbocycles. The molecule has 240 valence electrons. The first-order valence-corrected chi connectivity index (χ1v) is 18.4. The molecule has 0 aromatic heterocycles. The van der Waals surface area contributed by atoms with E-state index in [9.17, 15) is 9.59 Å². The standard InChI is InChI=1S/C47H29NO2S/c49-45-35-26-31-24-29-10-1-2-11-30(29)25-32(31)27-36(35)46(50)37(45)22-28-19-20-43-41(23-28)47(38-14-5-3-12-33(38)34-13-4-6-15-39(34)47)40-16-7-8-17-42(40)48(43)44-18-9-21-51-44/h1-8,10-20,22-27H,9,21H2. The number of benzene rings is 7. The largest absolute Gasteiger partial charge is 0.304 e. The number of fused-ring (bicyclic) bond motifs is 12. The Morgan fingerprint density at radius 1 is 0.529 bits per heavy atom. The van der Waals surface area contributed by atoms with Crippen LogP contribution in [0.5, 0.6) is 0 Å².